The summed E-state index contributed by atoms with van der Waals surface area (Å²) in [5, 5.41) is 9.08. The molecule has 1 saturated heterocycles. The van der Waals surface area contributed by atoms with Crippen LogP contribution in [-0.2, 0) is 22.7 Å². The molecular formula is C15H21NO3. The molecule has 1 N–H and O–H groups in total. The van der Waals surface area contributed by atoms with Crippen molar-refractivity contribution in [2.45, 2.75) is 26.0 Å². The third kappa shape index (κ3) is 4.04. The smallest absolute Gasteiger partial charge is 0.307 e. The van der Waals surface area contributed by atoms with Crippen LogP contribution in [0.2, 0.25) is 0 Å². The van der Waals surface area contributed by atoms with Crippen molar-refractivity contribution < 1.29 is 14.6 Å². The molecule has 19 heavy (non-hydrogen) atoms. The summed E-state index contributed by atoms with van der Waals surface area (Å²) in [6, 6.07) is 8.33. The molecule has 4 nitrogen and oxygen atoms in total. The highest BCUT2D eigenvalue weighted by molar-refractivity contribution is 5.70. The Balaban J connectivity index is 1.91. The summed E-state index contributed by atoms with van der Waals surface area (Å²) in [7, 11) is 1.69. The first-order chi connectivity index (χ1) is 9.19. The number of methoxy groups -OCH3 is 1. The lowest BCUT2D eigenvalue weighted by atomic mass is 9.98. The standard InChI is InChI=1S/C15H21NO3/c1-19-11-13-6-4-12(5-7-13)9-16-8-2-3-14(10-16)15(17)18/h4-7,14H,2-3,8-11H2,1H3,(H,17,18). The van der Waals surface area contributed by atoms with Gasteiger partial charge in [0.05, 0.1) is 12.5 Å². The summed E-state index contributed by atoms with van der Waals surface area (Å²) < 4.78 is 5.08. The molecule has 1 aliphatic heterocycles. The highest BCUT2D eigenvalue weighted by atomic mass is 16.5. The Kier molecular flexibility index (Phi) is 4.93. The summed E-state index contributed by atoms with van der Waals surface area (Å²) in [4.78, 5) is 13.3. The second-order valence-electron chi connectivity index (χ2n) is 5.16. The van der Waals surface area contributed by atoms with Gasteiger partial charge in [0.2, 0.25) is 0 Å². The fourth-order valence-electron chi connectivity index (χ4n) is 2.57. The van der Waals surface area contributed by atoms with Gasteiger partial charge in [0.1, 0.15) is 0 Å². The molecule has 1 heterocycles. The number of nitrogens with zero attached hydrogens (tertiary/aromatic N) is 1. The number of carboxylic acid groups (broad SMARTS) is 1. The largest absolute Gasteiger partial charge is 0.481 e. The fourth-order valence-corrected chi connectivity index (χ4v) is 2.57. The normalized spacial score (nSPS) is 20.4. The van der Waals surface area contributed by atoms with Crippen molar-refractivity contribution in [3.05, 3.63) is 35.4 Å². The second-order valence-corrected chi connectivity index (χ2v) is 5.16. The molecule has 104 valence electrons. The fraction of sp³-hybridized carbons (Fsp3) is 0.533. The third-order valence-electron chi connectivity index (χ3n) is 3.59. The maximum absolute atomic E-state index is 11.0. The number of ether oxygens (including phenoxy) is 1. The van der Waals surface area contributed by atoms with Crippen LogP contribution in [0.5, 0.6) is 0 Å². The molecule has 1 aromatic rings. The van der Waals surface area contributed by atoms with Crippen molar-refractivity contribution in [2.75, 3.05) is 20.2 Å². The molecule has 0 spiro atoms. The molecule has 1 aliphatic rings. The number of likely N-dealkylation sites (tertiary alicyclic amines) is 1. The number of aliphatic carboxylic acids is 1. The van der Waals surface area contributed by atoms with Crippen LogP contribution < -0.4 is 0 Å². The van der Waals surface area contributed by atoms with Crippen LogP contribution in [0.1, 0.15) is 24.0 Å². The van der Waals surface area contributed by atoms with E-state index in [9.17, 15) is 4.79 Å². The van der Waals surface area contributed by atoms with Gasteiger partial charge in [-0.25, -0.2) is 0 Å². The highest BCUT2D eigenvalue weighted by Gasteiger charge is 2.25. The van der Waals surface area contributed by atoms with Crippen molar-refractivity contribution in [2.24, 2.45) is 5.92 Å². The zero-order chi connectivity index (χ0) is 13.7. The van der Waals surface area contributed by atoms with E-state index < -0.39 is 5.97 Å². The minimum Gasteiger partial charge on any atom is -0.481 e. The van der Waals surface area contributed by atoms with E-state index >= 15 is 0 Å². The Morgan fingerprint density at radius 1 is 1.37 bits per heavy atom. The van der Waals surface area contributed by atoms with Crippen molar-refractivity contribution >= 4 is 5.97 Å². The number of piperidine rings is 1. The maximum Gasteiger partial charge on any atom is 0.307 e. The minimum absolute atomic E-state index is 0.207. The van der Waals surface area contributed by atoms with Crippen molar-refractivity contribution in [3.63, 3.8) is 0 Å². The van der Waals surface area contributed by atoms with E-state index in [-0.39, 0.29) is 5.92 Å². The molecule has 0 amide bonds. The molecule has 4 heteroatoms. The van der Waals surface area contributed by atoms with E-state index in [1.807, 2.05) is 0 Å². The second kappa shape index (κ2) is 6.68. The van der Waals surface area contributed by atoms with Gasteiger partial charge in [-0.15, -0.1) is 0 Å². The average Bonchev–Trinajstić information content (AvgIpc) is 2.42. The number of hydrogen-bond donors (Lipinski definition) is 1. The van der Waals surface area contributed by atoms with E-state index in [1.54, 1.807) is 7.11 Å². The van der Waals surface area contributed by atoms with Crippen LogP contribution >= 0.6 is 0 Å². The lowest BCUT2D eigenvalue weighted by Crippen LogP contribution is -2.38. The van der Waals surface area contributed by atoms with Gasteiger partial charge in [-0.05, 0) is 30.5 Å². The summed E-state index contributed by atoms with van der Waals surface area (Å²) in [6.07, 6.45) is 1.78. The van der Waals surface area contributed by atoms with Gasteiger partial charge in [-0.2, -0.15) is 0 Å². The molecule has 1 unspecified atom stereocenters. The van der Waals surface area contributed by atoms with Crippen molar-refractivity contribution in [1.82, 2.24) is 4.90 Å². The van der Waals surface area contributed by atoms with Crippen LogP contribution in [0.3, 0.4) is 0 Å². The van der Waals surface area contributed by atoms with E-state index in [1.165, 1.54) is 5.56 Å². The van der Waals surface area contributed by atoms with Gasteiger partial charge >= 0.3 is 5.97 Å². The molecule has 0 saturated carbocycles. The van der Waals surface area contributed by atoms with Crippen LogP contribution in [0.25, 0.3) is 0 Å². The first kappa shape index (κ1) is 14.0. The van der Waals surface area contributed by atoms with Gasteiger partial charge in [0, 0.05) is 20.2 Å². The summed E-state index contributed by atoms with van der Waals surface area (Å²) in [5.41, 5.74) is 2.39. The lowest BCUT2D eigenvalue weighted by molar-refractivity contribution is -0.143. The van der Waals surface area contributed by atoms with Gasteiger partial charge in [-0.1, -0.05) is 24.3 Å². The van der Waals surface area contributed by atoms with E-state index in [4.69, 9.17) is 9.84 Å². The van der Waals surface area contributed by atoms with Crippen LogP contribution in [0.15, 0.2) is 24.3 Å². The first-order valence-electron chi connectivity index (χ1n) is 6.71. The zero-order valence-electron chi connectivity index (χ0n) is 11.3. The van der Waals surface area contributed by atoms with Crippen LogP contribution in [0, 0.1) is 5.92 Å². The molecule has 1 fully saturated rings. The van der Waals surface area contributed by atoms with Gasteiger partial charge in [-0.3, -0.25) is 9.69 Å². The predicted molar refractivity (Wildman–Crippen MR) is 72.8 cm³/mol. The summed E-state index contributed by atoms with van der Waals surface area (Å²) >= 11 is 0. The highest BCUT2D eigenvalue weighted by Crippen LogP contribution is 2.19. The first-order valence-corrected chi connectivity index (χ1v) is 6.71. The van der Waals surface area contributed by atoms with Crippen LogP contribution in [-0.4, -0.2) is 36.2 Å². The molecule has 1 atom stereocenters. The number of carbonyl (C=O) groups is 1. The molecule has 0 aromatic heterocycles. The Morgan fingerprint density at radius 3 is 2.68 bits per heavy atom. The Hall–Kier alpha value is -1.39. The number of carboxylic acids is 1. The van der Waals surface area contributed by atoms with Crippen molar-refractivity contribution in [1.29, 1.82) is 0 Å². The van der Waals surface area contributed by atoms with Gasteiger partial charge in [0.15, 0.2) is 0 Å². The number of hydrogen-bond acceptors (Lipinski definition) is 3. The summed E-state index contributed by atoms with van der Waals surface area (Å²) in [6.45, 7) is 3.11. The Morgan fingerprint density at radius 2 is 2.05 bits per heavy atom. The van der Waals surface area contributed by atoms with Gasteiger partial charge < -0.3 is 9.84 Å². The van der Waals surface area contributed by atoms with Crippen molar-refractivity contribution in [3.8, 4) is 0 Å². The third-order valence-corrected chi connectivity index (χ3v) is 3.59. The predicted octanol–water partition coefficient (Wildman–Crippen LogP) is 2.13. The van der Waals surface area contributed by atoms with Crippen LogP contribution in [0.4, 0.5) is 0 Å². The maximum atomic E-state index is 11.0. The van der Waals surface area contributed by atoms with Gasteiger partial charge in [0.25, 0.3) is 0 Å². The molecular weight excluding hydrogens is 242 g/mol. The average molecular weight is 263 g/mol. The Bertz CT molecular complexity index is 416. The topological polar surface area (TPSA) is 49.8 Å². The molecule has 0 radical (unpaired) electrons. The SMILES string of the molecule is COCc1ccc(CN2CCCC(C(=O)O)C2)cc1. The minimum atomic E-state index is -0.667. The Labute approximate surface area is 114 Å². The molecule has 1 aromatic carbocycles. The molecule has 0 bridgehead atoms. The van der Waals surface area contributed by atoms with E-state index in [2.05, 4.69) is 29.2 Å². The lowest BCUT2D eigenvalue weighted by Gasteiger charge is -2.30. The molecule has 0 aliphatic carbocycles. The number of benzene rings is 1. The molecule has 2 rings (SSSR count). The zero-order valence-corrected chi connectivity index (χ0v) is 11.3. The van der Waals surface area contributed by atoms with E-state index in [0.717, 1.165) is 31.5 Å². The quantitative estimate of drug-likeness (QED) is 0.884. The summed E-state index contributed by atoms with van der Waals surface area (Å²) in [5.74, 6) is -0.873. The number of rotatable bonds is 5. The monoisotopic (exact) mass is 263 g/mol. The van der Waals surface area contributed by atoms with E-state index in [0.29, 0.717) is 13.2 Å².